The maximum Gasteiger partial charge on any atom is 0.416 e. The first-order valence-electron chi connectivity index (χ1n) is 10.5. The molecule has 1 aromatic heterocycles. The van der Waals surface area contributed by atoms with E-state index in [2.05, 4.69) is 9.97 Å². The monoisotopic (exact) mass is 495 g/mol. The summed E-state index contributed by atoms with van der Waals surface area (Å²) in [6.45, 7) is 0.510. The lowest BCUT2D eigenvalue weighted by Gasteiger charge is -2.27. The lowest BCUT2D eigenvalue weighted by atomic mass is 10.0. The van der Waals surface area contributed by atoms with Crippen molar-refractivity contribution in [2.75, 3.05) is 11.4 Å². The molecular weight excluding hydrogens is 474 g/mol. The summed E-state index contributed by atoms with van der Waals surface area (Å²) in [5.74, 6) is -0.481. The third-order valence-corrected chi connectivity index (χ3v) is 6.73. The van der Waals surface area contributed by atoms with Crippen LogP contribution >= 0.6 is 0 Å². The fourth-order valence-electron chi connectivity index (χ4n) is 4.12. The largest absolute Gasteiger partial charge is 0.416 e. The zero-order chi connectivity index (χ0) is 24.5. The van der Waals surface area contributed by atoms with E-state index in [1.807, 2.05) is 0 Å². The van der Waals surface area contributed by atoms with Gasteiger partial charge in [-0.05, 0) is 61.1 Å². The smallest absolute Gasteiger partial charge is 0.347 e. The summed E-state index contributed by atoms with van der Waals surface area (Å²) < 4.78 is 85.4. The number of halogens is 4. The Hall–Kier alpha value is -3.05. The Balaban J connectivity index is 1.51. The number of benzene rings is 2. The van der Waals surface area contributed by atoms with E-state index in [0.717, 1.165) is 24.1 Å². The van der Waals surface area contributed by atoms with Gasteiger partial charge in [0.1, 0.15) is 6.33 Å². The first kappa shape index (κ1) is 24.1. The Morgan fingerprint density at radius 1 is 1.00 bits per heavy atom. The lowest BCUT2D eigenvalue weighted by Crippen LogP contribution is -2.25. The summed E-state index contributed by atoms with van der Waals surface area (Å²) in [7, 11) is -4.29. The molecule has 0 amide bonds. The molecule has 180 valence electrons. The van der Waals surface area contributed by atoms with E-state index in [1.165, 1.54) is 42.7 Å². The van der Waals surface area contributed by atoms with Gasteiger partial charge in [-0.1, -0.05) is 24.3 Å². The summed E-state index contributed by atoms with van der Waals surface area (Å²) in [6, 6.07) is 10.2. The molecule has 1 aliphatic rings. The third-order valence-electron chi connectivity index (χ3n) is 5.86. The molecule has 34 heavy (non-hydrogen) atoms. The highest BCUT2D eigenvalue weighted by atomic mass is 32.2. The minimum absolute atomic E-state index is 0.106. The Morgan fingerprint density at radius 2 is 1.68 bits per heavy atom. The summed E-state index contributed by atoms with van der Waals surface area (Å²) in [5, 5.41) is 0. The number of aryl methyl sites for hydroxylation is 2. The molecule has 0 radical (unpaired) electrons. The molecule has 0 spiro atoms. The minimum Gasteiger partial charge on any atom is -0.347 e. The standard InChI is InChI=1S/C23H21F4N3O3S/c24-21-19(12-5-15-3-10-18(11-4-15)34(31,32)33)28-14-29-22(21)30-13-1-2-20(30)16-6-8-17(9-7-16)23(25,26)27/h3-4,6-11,14,20H,1-2,5,12-13H2,(H,31,32,33)/t20-/m1/s1. The first-order chi connectivity index (χ1) is 16.0. The molecule has 1 atom stereocenters. The van der Waals surface area contributed by atoms with Gasteiger partial charge < -0.3 is 4.90 Å². The summed E-state index contributed by atoms with van der Waals surface area (Å²) >= 11 is 0. The van der Waals surface area contributed by atoms with Gasteiger partial charge in [-0.25, -0.2) is 14.4 Å². The number of anilines is 1. The second-order valence-electron chi connectivity index (χ2n) is 8.05. The molecule has 1 aliphatic heterocycles. The van der Waals surface area contributed by atoms with Crippen LogP contribution in [-0.2, 0) is 29.1 Å². The first-order valence-corrected chi connectivity index (χ1v) is 12.0. The zero-order valence-corrected chi connectivity index (χ0v) is 18.7. The molecule has 11 heteroatoms. The molecule has 0 unspecified atom stereocenters. The molecule has 3 aromatic rings. The molecule has 0 bridgehead atoms. The lowest BCUT2D eigenvalue weighted by molar-refractivity contribution is -0.137. The average Bonchev–Trinajstić information content (AvgIpc) is 3.27. The quantitative estimate of drug-likeness (QED) is 0.383. The predicted molar refractivity (Wildman–Crippen MR) is 116 cm³/mol. The summed E-state index contributed by atoms with van der Waals surface area (Å²) in [4.78, 5) is 9.68. The summed E-state index contributed by atoms with van der Waals surface area (Å²) in [6.07, 6.45) is -1.16. The molecule has 6 nitrogen and oxygen atoms in total. The van der Waals surface area contributed by atoms with Crippen molar-refractivity contribution in [1.82, 2.24) is 9.97 Å². The van der Waals surface area contributed by atoms with Crippen LogP contribution in [0, 0.1) is 5.82 Å². The second kappa shape index (κ2) is 9.30. The number of hydrogen-bond acceptors (Lipinski definition) is 5. The summed E-state index contributed by atoms with van der Waals surface area (Å²) in [5.41, 5.74) is 0.836. The molecule has 2 aromatic carbocycles. The van der Waals surface area contributed by atoms with Crippen molar-refractivity contribution in [3.05, 3.63) is 83.1 Å². The number of alkyl halides is 3. The van der Waals surface area contributed by atoms with E-state index >= 15 is 4.39 Å². The number of hydrogen-bond donors (Lipinski definition) is 1. The van der Waals surface area contributed by atoms with Gasteiger partial charge in [0, 0.05) is 6.54 Å². The highest BCUT2D eigenvalue weighted by Gasteiger charge is 2.33. The number of rotatable bonds is 6. The predicted octanol–water partition coefficient (Wildman–Crippen LogP) is 5.01. The van der Waals surface area contributed by atoms with Gasteiger partial charge in [0.2, 0.25) is 0 Å². The maximum atomic E-state index is 15.3. The van der Waals surface area contributed by atoms with Crippen molar-refractivity contribution in [3.8, 4) is 0 Å². The number of nitrogens with zero attached hydrogens (tertiary/aromatic N) is 3. The van der Waals surface area contributed by atoms with Crippen LogP contribution in [0.2, 0.25) is 0 Å². The fraction of sp³-hybridized carbons (Fsp3) is 0.304. The van der Waals surface area contributed by atoms with E-state index in [4.69, 9.17) is 4.55 Å². The van der Waals surface area contributed by atoms with Gasteiger partial charge in [-0.15, -0.1) is 0 Å². The molecular formula is C23H21F4N3O3S. The SMILES string of the molecule is O=S(=O)(O)c1ccc(CCc2ncnc(N3CCC[C@@H]3c3ccc(C(F)(F)F)cc3)c2F)cc1. The zero-order valence-electron chi connectivity index (χ0n) is 17.8. The number of aromatic nitrogens is 2. The van der Waals surface area contributed by atoms with Crippen LogP contribution < -0.4 is 4.90 Å². The van der Waals surface area contributed by atoms with Crippen molar-refractivity contribution in [2.24, 2.45) is 0 Å². The molecule has 4 rings (SSSR count). The molecule has 1 fully saturated rings. The van der Waals surface area contributed by atoms with Crippen molar-refractivity contribution >= 4 is 15.9 Å². The van der Waals surface area contributed by atoms with E-state index in [0.29, 0.717) is 24.9 Å². The minimum atomic E-state index is -4.42. The van der Waals surface area contributed by atoms with Gasteiger partial charge in [0.15, 0.2) is 11.6 Å². The van der Waals surface area contributed by atoms with Gasteiger partial charge in [-0.3, -0.25) is 4.55 Å². The maximum absolute atomic E-state index is 15.3. The van der Waals surface area contributed by atoms with Crippen molar-refractivity contribution in [2.45, 2.75) is 42.8 Å². The average molecular weight is 495 g/mol. The highest BCUT2D eigenvalue weighted by Crippen LogP contribution is 2.38. The second-order valence-corrected chi connectivity index (χ2v) is 9.47. The van der Waals surface area contributed by atoms with Gasteiger partial charge in [0.25, 0.3) is 10.1 Å². The van der Waals surface area contributed by atoms with Crippen LogP contribution in [0.3, 0.4) is 0 Å². The Labute approximate surface area is 194 Å². The van der Waals surface area contributed by atoms with E-state index in [9.17, 15) is 21.6 Å². The van der Waals surface area contributed by atoms with Crippen LogP contribution in [0.1, 0.15) is 41.3 Å². The van der Waals surface area contributed by atoms with Crippen LogP contribution in [0.25, 0.3) is 0 Å². The Bertz CT molecular complexity index is 1260. The van der Waals surface area contributed by atoms with Crippen molar-refractivity contribution in [1.29, 1.82) is 0 Å². The van der Waals surface area contributed by atoms with Crippen LogP contribution in [0.4, 0.5) is 23.4 Å². The van der Waals surface area contributed by atoms with Crippen molar-refractivity contribution < 1.29 is 30.5 Å². The van der Waals surface area contributed by atoms with E-state index in [-0.39, 0.29) is 28.9 Å². The fourth-order valence-corrected chi connectivity index (χ4v) is 4.60. The molecule has 0 aliphatic carbocycles. The van der Waals surface area contributed by atoms with Gasteiger partial charge in [-0.2, -0.15) is 21.6 Å². The van der Waals surface area contributed by atoms with Crippen LogP contribution in [0.15, 0.2) is 59.8 Å². The van der Waals surface area contributed by atoms with Crippen LogP contribution in [-0.4, -0.2) is 29.5 Å². The topological polar surface area (TPSA) is 83.4 Å². The Kier molecular flexibility index (Phi) is 6.59. The van der Waals surface area contributed by atoms with Crippen LogP contribution in [0.5, 0.6) is 0 Å². The normalized spacial score (nSPS) is 16.7. The molecule has 0 saturated carbocycles. The molecule has 2 heterocycles. The van der Waals surface area contributed by atoms with E-state index in [1.54, 1.807) is 4.90 Å². The highest BCUT2D eigenvalue weighted by molar-refractivity contribution is 7.85. The van der Waals surface area contributed by atoms with E-state index < -0.39 is 27.7 Å². The third kappa shape index (κ3) is 5.20. The Morgan fingerprint density at radius 3 is 2.29 bits per heavy atom. The molecule has 1 N–H and O–H groups in total. The van der Waals surface area contributed by atoms with Gasteiger partial charge >= 0.3 is 6.18 Å². The van der Waals surface area contributed by atoms with Crippen molar-refractivity contribution in [3.63, 3.8) is 0 Å². The van der Waals surface area contributed by atoms with Gasteiger partial charge in [0.05, 0.1) is 22.2 Å². The molecule has 1 saturated heterocycles.